The molecule has 3 heterocycles. The van der Waals surface area contributed by atoms with Crippen molar-refractivity contribution in [3.63, 3.8) is 0 Å². The molecule has 4 aromatic rings. The van der Waals surface area contributed by atoms with E-state index in [-0.39, 0.29) is 0 Å². The summed E-state index contributed by atoms with van der Waals surface area (Å²) in [7, 11) is 0. The van der Waals surface area contributed by atoms with Gasteiger partial charge in [-0.1, -0.05) is 29.8 Å². The second-order valence-electron chi connectivity index (χ2n) is 5.07. The molecule has 2 N–H and O–H groups in total. The zero-order valence-corrected chi connectivity index (χ0v) is 13.2. The van der Waals surface area contributed by atoms with Crippen LogP contribution < -0.4 is 5.32 Å². The first kappa shape index (κ1) is 14.5. The third-order valence-corrected chi connectivity index (χ3v) is 3.87. The molecule has 0 radical (unpaired) electrons. The number of rotatable bonds is 4. The number of nitrogens with one attached hydrogen (secondary N) is 2. The first-order valence-electron chi connectivity index (χ1n) is 7.28. The lowest BCUT2D eigenvalue weighted by Gasteiger charge is -2.06. The van der Waals surface area contributed by atoms with Crippen LogP contribution in [-0.4, -0.2) is 30.4 Å². The van der Waals surface area contributed by atoms with Crippen molar-refractivity contribution < 1.29 is 0 Å². The highest BCUT2D eigenvalue weighted by atomic mass is 35.5. The molecule has 0 spiro atoms. The predicted molar refractivity (Wildman–Crippen MR) is 91.5 cm³/mol. The van der Waals surface area contributed by atoms with Crippen LogP contribution in [0.5, 0.6) is 0 Å². The fraction of sp³-hybridized carbons (Fsp3) is 0.0625. The average Bonchev–Trinajstić information content (AvgIpc) is 3.04. The Hall–Kier alpha value is -3.06. The highest BCUT2D eigenvalue weighted by Gasteiger charge is 2.09. The van der Waals surface area contributed by atoms with Gasteiger partial charge in [0.15, 0.2) is 5.65 Å². The van der Waals surface area contributed by atoms with Crippen LogP contribution in [0, 0.1) is 0 Å². The summed E-state index contributed by atoms with van der Waals surface area (Å²) in [5.74, 6) is 0.410. The standard InChI is InChI=1S/C16H12ClN7/c17-12-6-2-1-4-10(12)13-9-20-24-16(21-13)19-8-14-11-5-3-7-18-15(11)23-22-14/h1-7,9H,8H2,(H,18,22,23)(H,19,21,24). The van der Waals surface area contributed by atoms with Crippen LogP contribution in [0.4, 0.5) is 5.95 Å². The first-order chi connectivity index (χ1) is 11.8. The number of anilines is 1. The zero-order chi connectivity index (χ0) is 16.4. The van der Waals surface area contributed by atoms with E-state index >= 15 is 0 Å². The van der Waals surface area contributed by atoms with E-state index in [2.05, 4.69) is 35.7 Å². The van der Waals surface area contributed by atoms with E-state index in [0.29, 0.717) is 23.2 Å². The van der Waals surface area contributed by atoms with Crippen molar-refractivity contribution in [1.29, 1.82) is 0 Å². The molecule has 0 atom stereocenters. The molecule has 0 saturated heterocycles. The second kappa shape index (κ2) is 6.21. The fourth-order valence-corrected chi connectivity index (χ4v) is 2.62. The summed E-state index contributed by atoms with van der Waals surface area (Å²) in [4.78, 5) is 8.68. The summed E-state index contributed by atoms with van der Waals surface area (Å²) < 4.78 is 0. The molecule has 0 saturated carbocycles. The lowest BCUT2D eigenvalue weighted by atomic mass is 10.2. The van der Waals surface area contributed by atoms with Crippen molar-refractivity contribution in [2.45, 2.75) is 6.54 Å². The Morgan fingerprint density at radius 1 is 1.12 bits per heavy atom. The van der Waals surface area contributed by atoms with Crippen molar-refractivity contribution in [3.05, 3.63) is 59.5 Å². The third-order valence-electron chi connectivity index (χ3n) is 3.54. The summed E-state index contributed by atoms with van der Waals surface area (Å²) in [6, 6.07) is 11.3. The smallest absolute Gasteiger partial charge is 0.243 e. The zero-order valence-electron chi connectivity index (χ0n) is 12.4. The summed E-state index contributed by atoms with van der Waals surface area (Å²) >= 11 is 6.21. The quantitative estimate of drug-likeness (QED) is 0.594. The van der Waals surface area contributed by atoms with Gasteiger partial charge < -0.3 is 5.32 Å². The van der Waals surface area contributed by atoms with Gasteiger partial charge in [-0.2, -0.15) is 10.2 Å². The van der Waals surface area contributed by atoms with Crippen LogP contribution in [0.25, 0.3) is 22.3 Å². The molecule has 0 bridgehead atoms. The molecule has 1 aromatic carbocycles. The molecular formula is C16H12ClN7. The molecule has 7 nitrogen and oxygen atoms in total. The van der Waals surface area contributed by atoms with Gasteiger partial charge in [0.25, 0.3) is 0 Å². The summed E-state index contributed by atoms with van der Waals surface area (Å²) in [5.41, 5.74) is 3.06. The molecule has 0 aliphatic carbocycles. The second-order valence-corrected chi connectivity index (χ2v) is 5.48. The van der Waals surface area contributed by atoms with Gasteiger partial charge in [0.05, 0.1) is 29.2 Å². The van der Waals surface area contributed by atoms with Gasteiger partial charge in [-0.05, 0) is 18.2 Å². The number of aromatic amines is 1. The molecular weight excluding hydrogens is 326 g/mol. The van der Waals surface area contributed by atoms with Crippen LogP contribution >= 0.6 is 11.6 Å². The van der Waals surface area contributed by atoms with E-state index in [9.17, 15) is 0 Å². The van der Waals surface area contributed by atoms with Crippen LogP contribution in [0.3, 0.4) is 0 Å². The molecule has 0 unspecified atom stereocenters. The maximum absolute atomic E-state index is 6.21. The molecule has 3 aromatic heterocycles. The lowest BCUT2D eigenvalue weighted by Crippen LogP contribution is -2.06. The fourth-order valence-electron chi connectivity index (χ4n) is 2.38. The predicted octanol–water partition coefficient (Wildman–Crippen LogP) is 3.08. The van der Waals surface area contributed by atoms with E-state index in [1.165, 1.54) is 0 Å². The molecule has 118 valence electrons. The van der Waals surface area contributed by atoms with Crippen LogP contribution in [-0.2, 0) is 6.54 Å². The monoisotopic (exact) mass is 337 g/mol. The minimum Gasteiger partial charge on any atom is -0.347 e. The Morgan fingerprint density at radius 2 is 2.04 bits per heavy atom. The van der Waals surface area contributed by atoms with Gasteiger partial charge in [0.1, 0.15) is 0 Å². The van der Waals surface area contributed by atoms with Crippen molar-refractivity contribution in [3.8, 4) is 11.3 Å². The van der Waals surface area contributed by atoms with E-state index in [1.54, 1.807) is 12.4 Å². The van der Waals surface area contributed by atoms with Gasteiger partial charge in [-0.3, -0.25) is 5.10 Å². The van der Waals surface area contributed by atoms with E-state index in [0.717, 1.165) is 22.3 Å². The lowest BCUT2D eigenvalue weighted by molar-refractivity contribution is 0.926. The number of aromatic nitrogens is 6. The molecule has 8 heteroatoms. The number of hydrogen-bond acceptors (Lipinski definition) is 6. The number of fused-ring (bicyclic) bond motifs is 1. The Kier molecular flexibility index (Phi) is 3.76. The number of hydrogen-bond donors (Lipinski definition) is 2. The van der Waals surface area contributed by atoms with Crippen molar-refractivity contribution in [2.24, 2.45) is 0 Å². The first-order valence-corrected chi connectivity index (χ1v) is 7.65. The van der Waals surface area contributed by atoms with E-state index in [4.69, 9.17) is 11.6 Å². The number of halogens is 1. The van der Waals surface area contributed by atoms with Gasteiger partial charge in [-0.25, -0.2) is 9.97 Å². The molecule has 0 aliphatic heterocycles. The summed E-state index contributed by atoms with van der Waals surface area (Å²) in [5, 5.41) is 19.9. The highest BCUT2D eigenvalue weighted by Crippen LogP contribution is 2.25. The Labute approximate surface area is 142 Å². The number of benzene rings is 1. The summed E-state index contributed by atoms with van der Waals surface area (Å²) in [6.07, 6.45) is 3.30. The number of pyridine rings is 1. The molecule has 0 amide bonds. The van der Waals surface area contributed by atoms with Crippen molar-refractivity contribution >= 4 is 28.6 Å². The normalized spacial score (nSPS) is 10.9. The topological polar surface area (TPSA) is 92.3 Å². The van der Waals surface area contributed by atoms with E-state index < -0.39 is 0 Å². The third kappa shape index (κ3) is 2.77. The SMILES string of the molecule is Clc1ccccc1-c1cnnc(NCc2n[nH]c3ncccc23)n1. The van der Waals surface area contributed by atoms with Gasteiger partial charge >= 0.3 is 0 Å². The number of H-pyrrole nitrogens is 1. The van der Waals surface area contributed by atoms with Gasteiger partial charge in [-0.15, -0.1) is 5.10 Å². The Bertz CT molecular complexity index is 998. The van der Waals surface area contributed by atoms with E-state index in [1.807, 2.05) is 36.4 Å². The van der Waals surface area contributed by atoms with Crippen molar-refractivity contribution in [2.75, 3.05) is 5.32 Å². The maximum Gasteiger partial charge on any atom is 0.243 e. The Balaban J connectivity index is 1.57. The van der Waals surface area contributed by atoms with Crippen LogP contribution in [0.15, 0.2) is 48.8 Å². The van der Waals surface area contributed by atoms with Crippen LogP contribution in [0.2, 0.25) is 5.02 Å². The highest BCUT2D eigenvalue weighted by molar-refractivity contribution is 6.33. The van der Waals surface area contributed by atoms with Crippen molar-refractivity contribution in [1.82, 2.24) is 30.4 Å². The molecule has 0 aliphatic rings. The molecule has 4 rings (SSSR count). The number of nitrogens with zero attached hydrogens (tertiary/aromatic N) is 5. The summed E-state index contributed by atoms with van der Waals surface area (Å²) in [6.45, 7) is 0.458. The molecule has 0 fully saturated rings. The van der Waals surface area contributed by atoms with Gasteiger partial charge in [0, 0.05) is 17.1 Å². The molecule has 24 heavy (non-hydrogen) atoms. The van der Waals surface area contributed by atoms with Crippen LogP contribution in [0.1, 0.15) is 5.69 Å². The maximum atomic E-state index is 6.21. The largest absolute Gasteiger partial charge is 0.347 e. The van der Waals surface area contributed by atoms with Gasteiger partial charge in [0.2, 0.25) is 5.95 Å². The average molecular weight is 338 g/mol. The Morgan fingerprint density at radius 3 is 2.96 bits per heavy atom. The minimum absolute atomic E-state index is 0.410. The minimum atomic E-state index is 0.410.